The number of aryl methyl sites for hydroxylation is 1. The van der Waals surface area contributed by atoms with E-state index in [0.717, 1.165) is 11.3 Å². The Balaban J connectivity index is 1.86. The second-order valence-corrected chi connectivity index (χ2v) is 9.01. The summed E-state index contributed by atoms with van der Waals surface area (Å²) in [6.45, 7) is 2.02. The van der Waals surface area contributed by atoms with E-state index in [9.17, 15) is 8.42 Å². The molecule has 0 N–H and O–H groups in total. The molecule has 4 nitrogen and oxygen atoms in total. The molecule has 27 heavy (non-hydrogen) atoms. The van der Waals surface area contributed by atoms with E-state index in [0.29, 0.717) is 8.95 Å². The quantitative estimate of drug-likeness (QED) is 0.312. The fourth-order valence-electron chi connectivity index (χ4n) is 2.26. The Morgan fingerprint density at radius 1 is 0.926 bits per heavy atom. The summed E-state index contributed by atoms with van der Waals surface area (Å²) < 4.78 is 31.2. The van der Waals surface area contributed by atoms with Crippen LogP contribution < -0.4 is 4.18 Å². The van der Waals surface area contributed by atoms with Gasteiger partial charge in [0, 0.05) is 6.21 Å². The summed E-state index contributed by atoms with van der Waals surface area (Å²) in [6.07, 6.45) is 1.70. The molecular formula is C20H15Br2NO3S. The van der Waals surface area contributed by atoms with Crippen LogP contribution in [-0.4, -0.2) is 14.6 Å². The molecule has 0 aliphatic rings. The Labute approximate surface area is 175 Å². The SMILES string of the molecule is Cc1ccc(N=Cc2cc(Br)c(OS(=O)(=O)c3ccccc3)c(Br)c2)cc1. The molecule has 138 valence electrons. The van der Waals surface area contributed by atoms with Crippen LogP contribution in [0, 0.1) is 6.92 Å². The van der Waals surface area contributed by atoms with Crippen molar-refractivity contribution in [1.82, 2.24) is 0 Å². The van der Waals surface area contributed by atoms with Gasteiger partial charge in [0.15, 0.2) is 5.75 Å². The molecule has 0 radical (unpaired) electrons. The lowest BCUT2D eigenvalue weighted by Crippen LogP contribution is -2.10. The average molecular weight is 509 g/mol. The maximum absolute atomic E-state index is 12.4. The molecule has 0 bridgehead atoms. The minimum Gasteiger partial charge on any atom is -0.377 e. The summed E-state index contributed by atoms with van der Waals surface area (Å²) in [5, 5.41) is 0. The molecule has 0 saturated heterocycles. The standard InChI is InChI=1S/C20H15Br2NO3S/c1-14-7-9-16(10-8-14)23-13-15-11-18(21)20(19(22)12-15)26-27(24,25)17-5-3-2-4-6-17/h2-13H,1H3. The van der Waals surface area contributed by atoms with Crippen LogP contribution in [0.5, 0.6) is 5.75 Å². The molecule has 3 rings (SSSR count). The Kier molecular flexibility index (Phi) is 6.14. The van der Waals surface area contributed by atoms with Gasteiger partial charge in [-0.25, -0.2) is 0 Å². The molecule has 0 amide bonds. The van der Waals surface area contributed by atoms with E-state index < -0.39 is 10.1 Å². The first-order chi connectivity index (χ1) is 12.8. The first-order valence-corrected chi connectivity index (χ1v) is 10.9. The molecule has 0 unspecified atom stereocenters. The number of hydrogen-bond acceptors (Lipinski definition) is 4. The first kappa shape index (κ1) is 19.8. The van der Waals surface area contributed by atoms with Gasteiger partial charge in [0.05, 0.1) is 14.6 Å². The third-order valence-corrected chi connectivity index (χ3v) is 6.06. The van der Waals surface area contributed by atoms with Crippen molar-refractivity contribution >= 4 is 53.9 Å². The normalized spacial score (nSPS) is 11.7. The number of aliphatic imine (C=N–C) groups is 1. The van der Waals surface area contributed by atoms with E-state index in [2.05, 4.69) is 36.9 Å². The zero-order valence-electron chi connectivity index (χ0n) is 14.3. The van der Waals surface area contributed by atoms with Crippen LogP contribution >= 0.6 is 31.9 Å². The van der Waals surface area contributed by atoms with E-state index in [4.69, 9.17) is 4.18 Å². The van der Waals surface area contributed by atoms with Crippen molar-refractivity contribution in [3.63, 3.8) is 0 Å². The Bertz CT molecular complexity index is 1060. The predicted molar refractivity (Wildman–Crippen MR) is 115 cm³/mol. The molecule has 3 aromatic carbocycles. The number of hydrogen-bond donors (Lipinski definition) is 0. The third kappa shape index (κ3) is 5.06. The second kappa shape index (κ2) is 8.37. The zero-order valence-corrected chi connectivity index (χ0v) is 18.3. The lowest BCUT2D eigenvalue weighted by atomic mass is 10.2. The van der Waals surface area contributed by atoms with Crippen molar-refractivity contribution < 1.29 is 12.6 Å². The highest BCUT2D eigenvalue weighted by molar-refractivity contribution is 9.11. The van der Waals surface area contributed by atoms with Crippen molar-refractivity contribution in [3.05, 3.63) is 86.8 Å². The number of rotatable bonds is 5. The molecule has 0 fully saturated rings. The van der Waals surface area contributed by atoms with Gasteiger partial charge in [-0.3, -0.25) is 4.99 Å². The van der Waals surface area contributed by atoms with Crippen LogP contribution in [0.2, 0.25) is 0 Å². The molecule has 0 atom stereocenters. The van der Waals surface area contributed by atoms with Gasteiger partial charge in [-0.15, -0.1) is 0 Å². The van der Waals surface area contributed by atoms with Crippen molar-refractivity contribution in [2.24, 2.45) is 4.99 Å². The predicted octanol–water partition coefficient (Wildman–Crippen LogP) is 6.04. The molecule has 0 aliphatic carbocycles. The molecule has 0 heterocycles. The van der Waals surface area contributed by atoms with Crippen LogP contribution in [0.1, 0.15) is 11.1 Å². The Morgan fingerprint density at radius 3 is 2.11 bits per heavy atom. The minimum absolute atomic E-state index is 0.0915. The smallest absolute Gasteiger partial charge is 0.339 e. The highest BCUT2D eigenvalue weighted by atomic mass is 79.9. The van der Waals surface area contributed by atoms with Crippen LogP contribution in [0.4, 0.5) is 5.69 Å². The molecule has 0 aliphatic heterocycles. The van der Waals surface area contributed by atoms with Gasteiger partial charge in [-0.2, -0.15) is 8.42 Å². The first-order valence-electron chi connectivity index (χ1n) is 7.94. The van der Waals surface area contributed by atoms with Gasteiger partial charge in [0.25, 0.3) is 0 Å². The number of halogens is 2. The van der Waals surface area contributed by atoms with Gasteiger partial charge in [-0.1, -0.05) is 35.9 Å². The molecule has 0 spiro atoms. The van der Waals surface area contributed by atoms with Crippen molar-refractivity contribution in [2.45, 2.75) is 11.8 Å². The van der Waals surface area contributed by atoms with E-state index in [1.807, 2.05) is 31.2 Å². The molecule has 3 aromatic rings. The van der Waals surface area contributed by atoms with Crippen LogP contribution in [0.15, 0.2) is 85.6 Å². The Morgan fingerprint density at radius 2 is 1.52 bits per heavy atom. The summed E-state index contributed by atoms with van der Waals surface area (Å²) in [5.74, 6) is 0.186. The van der Waals surface area contributed by atoms with E-state index in [1.165, 1.54) is 17.7 Å². The number of benzene rings is 3. The summed E-state index contributed by atoms with van der Waals surface area (Å²) in [5.41, 5.74) is 2.79. The van der Waals surface area contributed by atoms with E-state index in [-0.39, 0.29) is 10.6 Å². The van der Waals surface area contributed by atoms with Crippen LogP contribution in [0.25, 0.3) is 0 Å². The van der Waals surface area contributed by atoms with Gasteiger partial charge >= 0.3 is 10.1 Å². The van der Waals surface area contributed by atoms with Gasteiger partial charge in [0.1, 0.15) is 4.90 Å². The average Bonchev–Trinajstić information content (AvgIpc) is 2.65. The van der Waals surface area contributed by atoms with Gasteiger partial charge in [-0.05, 0) is 80.7 Å². The topological polar surface area (TPSA) is 55.7 Å². The minimum atomic E-state index is -3.92. The highest BCUT2D eigenvalue weighted by Gasteiger charge is 2.20. The molecule has 0 saturated carbocycles. The maximum atomic E-state index is 12.4. The molecule has 7 heteroatoms. The third-order valence-electron chi connectivity index (χ3n) is 3.64. The zero-order chi connectivity index (χ0) is 19.4. The van der Waals surface area contributed by atoms with Crippen LogP contribution in [-0.2, 0) is 10.1 Å². The van der Waals surface area contributed by atoms with E-state index >= 15 is 0 Å². The lowest BCUT2D eigenvalue weighted by Gasteiger charge is -2.11. The fourth-order valence-corrected chi connectivity index (χ4v) is 4.84. The van der Waals surface area contributed by atoms with E-state index in [1.54, 1.807) is 36.5 Å². The highest BCUT2D eigenvalue weighted by Crippen LogP contribution is 2.36. The van der Waals surface area contributed by atoms with Crippen molar-refractivity contribution in [3.8, 4) is 5.75 Å². The van der Waals surface area contributed by atoms with Crippen molar-refractivity contribution in [1.29, 1.82) is 0 Å². The summed E-state index contributed by atoms with van der Waals surface area (Å²) in [4.78, 5) is 4.52. The summed E-state index contributed by atoms with van der Waals surface area (Å²) in [7, 11) is -3.92. The fraction of sp³-hybridized carbons (Fsp3) is 0.0500. The van der Waals surface area contributed by atoms with Crippen molar-refractivity contribution in [2.75, 3.05) is 0 Å². The Hall–Kier alpha value is -1.96. The lowest BCUT2D eigenvalue weighted by molar-refractivity contribution is 0.483. The summed E-state index contributed by atoms with van der Waals surface area (Å²) >= 11 is 6.76. The van der Waals surface area contributed by atoms with Crippen LogP contribution in [0.3, 0.4) is 0 Å². The second-order valence-electron chi connectivity index (χ2n) is 5.76. The largest absolute Gasteiger partial charge is 0.377 e. The monoisotopic (exact) mass is 507 g/mol. The summed E-state index contributed by atoms with van der Waals surface area (Å²) in [6, 6.07) is 19.3. The molecule has 0 aromatic heterocycles. The van der Waals surface area contributed by atoms with Gasteiger partial charge < -0.3 is 4.18 Å². The van der Waals surface area contributed by atoms with Gasteiger partial charge in [0.2, 0.25) is 0 Å². The maximum Gasteiger partial charge on any atom is 0.339 e. The number of nitrogens with zero attached hydrogens (tertiary/aromatic N) is 1. The molecular weight excluding hydrogens is 494 g/mol.